The fourth-order valence-corrected chi connectivity index (χ4v) is 1.66. The second-order valence-corrected chi connectivity index (χ2v) is 4.11. The molecule has 4 heteroatoms. The Morgan fingerprint density at radius 2 is 1.56 bits per heavy atom. The summed E-state index contributed by atoms with van der Waals surface area (Å²) in [5, 5.41) is 12.4. The van der Waals surface area contributed by atoms with E-state index in [-0.39, 0.29) is 0 Å². The topological polar surface area (TPSA) is 45.5 Å². The van der Waals surface area contributed by atoms with Crippen molar-refractivity contribution in [2.24, 2.45) is 5.16 Å². The first-order valence-corrected chi connectivity index (χ1v) is 5.49. The summed E-state index contributed by atoms with van der Waals surface area (Å²) in [7, 11) is 0. The van der Waals surface area contributed by atoms with Crippen LogP contribution in [0.3, 0.4) is 0 Å². The predicted molar refractivity (Wildman–Crippen MR) is 65.8 cm³/mol. The molecule has 0 aliphatic carbocycles. The Morgan fingerprint density at radius 1 is 1.00 bits per heavy atom. The Labute approximate surface area is 102 Å². The van der Waals surface area contributed by atoms with Crippen molar-refractivity contribution in [1.82, 2.24) is 4.98 Å². The summed E-state index contributed by atoms with van der Waals surface area (Å²) in [6, 6.07) is 11.2. The van der Waals surface area contributed by atoms with Crippen LogP contribution in [0.15, 0.2) is 58.4 Å². The lowest BCUT2D eigenvalue weighted by Crippen LogP contribution is -2.02. The molecular weight excluding hydrogens is 268 g/mol. The smallest absolute Gasteiger partial charge is 0.117 e. The first kappa shape index (κ1) is 10.8. The Bertz CT molecular complexity index is 494. The Balaban J connectivity index is 2.42. The van der Waals surface area contributed by atoms with Crippen LogP contribution in [0.2, 0.25) is 0 Å². The van der Waals surface area contributed by atoms with Gasteiger partial charge in [-0.3, -0.25) is 4.98 Å². The van der Waals surface area contributed by atoms with Gasteiger partial charge in [-0.1, -0.05) is 33.2 Å². The van der Waals surface area contributed by atoms with Crippen molar-refractivity contribution in [1.29, 1.82) is 0 Å². The SMILES string of the molecule is ON=C(c1ccncc1)c1ccc(Br)cc1. The van der Waals surface area contributed by atoms with Crippen LogP contribution in [0.4, 0.5) is 0 Å². The molecule has 3 nitrogen and oxygen atoms in total. The van der Waals surface area contributed by atoms with Gasteiger partial charge in [0.25, 0.3) is 0 Å². The van der Waals surface area contributed by atoms with Crippen molar-refractivity contribution in [3.05, 3.63) is 64.4 Å². The fraction of sp³-hybridized carbons (Fsp3) is 0. The summed E-state index contributed by atoms with van der Waals surface area (Å²) >= 11 is 3.36. The Morgan fingerprint density at radius 3 is 2.12 bits per heavy atom. The highest BCUT2D eigenvalue weighted by molar-refractivity contribution is 9.10. The third-order valence-corrected chi connectivity index (χ3v) is 2.70. The number of benzene rings is 1. The van der Waals surface area contributed by atoms with Crippen LogP contribution >= 0.6 is 15.9 Å². The van der Waals surface area contributed by atoms with E-state index >= 15 is 0 Å². The van der Waals surface area contributed by atoms with Crippen LogP contribution in [-0.4, -0.2) is 15.9 Å². The highest BCUT2D eigenvalue weighted by atomic mass is 79.9. The summed E-state index contributed by atoms with van der Waals surface area (Å²) in [5.41, 5.74) is 2.23. The third kappa shape index (κ3) is 2.28. The zero-order valence-corrected chi connectivity index (χ0v) is 9.92. The molecule has 2 rings (SSSR count). The standard InChI is InChI=1S/C12H9BrN2O/c13-11-3-1-9(2-4-11)12(15-16)10-5-7-14-8-6-10/h1-8,16H. The second kappa shape index (κ2) is 4.90. The molecule has 0 unspecified atom stereocenters. The molecule has 0 bridgehead atoms. The molecule has 0 amide bonds. The Hall–Kier alpha value is -1.68. The molecule has 0 radical (unpaired) electrons. The van der Waals surface area contributed by atoms with Gasteiger partial charge in [-0.05, 0) is 24.3 Å². The molecule has 0 fully saturated rings. The number of halogens is 1. The van der Waals surface area contributed by atoms with Gasteiger partial charge in [0.05, 0.1) is 0 Å². The van der Waals surface area contributed by atoms with E-state index in [4.69, 9.17) is 5.21 Å². The average molecular weight is 277 g/mol. The Kier molecular flexibility index (Phi) is 3.31. The first-order chi connectivity index (χ1) is 7.81. The van der Waals surface area contributed by atoms with Crippen LogP contribution in [0, 0.1) is 0 Å². The second-order valence-electron chi connectivity index (χ2n) is 3.19. The molecule has 1 heterocycles. The molecule has 1 aromatic heterocycles. The normalized spacial score (nSPS) is 11.4. The quantitative estimate of drug-likeness (QED) is 0.521. The van der Waals surface area contributed by atoms with E-state index in [0.29, 0.717) is 5.71 Å². The number of rotatable bonds is 2. The number of oxime groups is 1. The average Bonchev–Trinajstić information content (AvgIpc) is 2.34. The zero-order valence-electron chi connectivity index (χ0n) is 8.34. The van der Waals surface area contributed by atoms with Gasteiger partial charge >= 0.3 is 0 Å². The van der Waals surface area contributed by atoms with Crippen LogP contribution in [0.1, 0.15) is 11.1 Å². The van der Waals surface area contributed by atoms with Crippen molar-refractivity contribution >= 4 is 21.6 Å². The van der Waals surface area contributed by atoms with Crippen molar-refractivity contribution in [3.8, 4) is 0 Å². The number of nitrogens with zero attached hydrogens (tertiary/aromatic N) is 2. The van der Waals surface area contributed by atoms with E-state index in [2.05, 4.69) is 26.1 Å². The van der Waals surface area contributed by atoms with Gasteiger partial charge in [-0.2, -0.15) is 0 Å². The summed E-state index contributed by atoms with van der Waals surface area (Å²) in [5.74, 6) is 0. The maximum Gasteiger partial charge on any atom is 0.117 e. The molecule has 0 aliphatic heterocycles. The number of hydrogen-bond donors (Lipinski definition) is 1. The van der Waals surface area contributed by atoms with Gasteiger partial charge in [0.15, 0.2) is 0 Å². The van der Waals surface area contributed by atoms with Crippen molar-refractivity contribution < 1.29 is 5.21 Å². The van der Waals surface area contributed by atoms with E-state index in [1.165, 1.54) is 0 Å². The summed E-state index contributed by atoms with van der Waals surface area (Å²) in [4.78, 5) is 3.93. The molecule has 2 aromatic rings. The molecule has 80 valence electrons. The maximum absolute atomic E-state index is 9.06. The molecule has 1 aromatic carbocycles. The van der Waals surface area contributed by atoms with E-state index in [9.17, 15) is 0 Å². The van der Waals surface area contributed by atoms with Crippen LogP contribution in [0.25, 0.3) is 0 Å². The molecule has 0 atom stereocenters. The van der Waals surface area contributed by atoms with Gasteiger partial charge in [-0.25, -0.2) is 0 Å². The van der Waals surface area contributed by atoms with Crippen LogP contribution < -0.4 is 0 Å². The van der Waals surface area contributed by atoms with E-state index in [1.54, 1.807) is 24.5 Å². The minimum Gasteiger partial charge on any atom is -0.410 e. The lowest BCUT2D eigenvalue weighted by atomic mass is 10.0. The summed E-state index contributed by atoms with van der Waals surface area (Å²) in [6.45, 7) is 0. The van der Waals surface area contributed by atoms with Gasteiger partial charge in [-0.15, -0.1) is 0 Å². The van der Waals surface area contributed by atoms with Crippen LogP contribution in [0.5, 0.6) is 0 Å². The van der Waals surface area contributed by atoms with Crippen molar-refractivity contribution in [2.45, 2.75) is 0 Å². The lowest BCUT2D eigenvalue weighted by molar-refractivity contribution is 0.319. The van der Waals surface area contributed by atoms with Crippen molar-refractivity contribution in [3.63, 3.8) is 0 Å². The molecule has 0 aliphatic rings. The van der Waals surface area contributed by atoms with Gasteiger partial charge < -0.3 is 5.21 Å². The summed E-state index contributed by atoms with van der Waals surface area (Å²) in [6.07, 6.45) is 3.33. The largest absolute Gasteiger partial charge is 0.410 e. The molecular formula is C12H9BrN2O. The minimum absolute atomic E-state index is 0.537. The minimum atomic E-state index is 0.537. The molecule has 1 N–H and O–H groups in total. The predicted octanol–water partition coefficient (Wildman–Crippen LogP) is 3.07. The van der Waals surface area contributed by atoms with Crippen molar-refractivity contribution in [2.75, 3.05) is 0 Å². The lowest BCUT2D eigenvalue weighted by Gasteiger charge is -2.04. The molecule has 0 saturated heterocycles. The number of hydrogen-bond acceptors (Lipinski definition) is 3. The number of pyridine rings is 1. The highest BCUT2D eigenvalue weighted by Gasteiger charge is 2.06. The zero-order chi connectivity index (χ0) is 11.4. The van der Waals surface area contributed by atoms with Gasteiger partial charge in [0.2, 0.25) is 0 Å². The van der Waals surface area contributed by atoms with Gasteiger partial charge in [0.1, 0.15) is 5.71 Å². The van der Waals surface area contributed by atoms with E-state index < -0.39 is 0 Å². The molecule has 0 spiro atoms. The summed E-state index contributed by atoms with van der Waals surface area (Å²) < 4.78 is 0.989. The van der Waals surface area contributed by atoms with E-state index in [0.717, 1.165) is 15.6 Å². The third-order valence-electron chi connectivity index (χ3n) is 2.17. The fourth-order valence-electron chi connectivity index (χ4n) is 1.40. The molecule has 0 saturated carbocycles. The maximum atomic E-state index is 9.06. The highest BCUT2D eigenvalue weighted by Crippen LogP contribution is 2.14. The first-order valence-electron chi connectivity index (χ1n) is 4.69. The van der Waals surface area contributed by atoms with Gasteiger partial charge in [0, 0.05) is 28.0 Å². The monoisotopic (exact) mass is 276 g/mol. The molecule has 16 heavy (non-hydrogen) atoms. The van der Waals surface area contributed by atoms with E-state index in [1.807, 2.05) is 24.3 Å². The number of aromatic nitrogens is 1. The van der Waals surface area contributed by atoms with Crippen LogP contribution in [-0.2, 0) is 0 Å².